The predicted octanol–water partition coefficient (Wildman–Crippen LogP) is 2.35. The highest BCUT2D eigenvalue weighted by Gasteiger charge is 2.22. The van der Waals surface area contributed by atoms with Crippen molar-refractivity contribution in [3.8, 4) is 0 Å². The number of carboxylic acids is 1. The van der Waals surface area contributed by atoms with Gasteiger partial charge in [0.15, 0.2) is 11.6 Å². The van der Waals surface area contributed by atoms with Crippen LogP contribution in [0.4, 0.5) is 30.5 Å². The van der Waals surface area contributed by atoms with E-state index >= 15 is 0 Å². The maximum Gasteiger partial charge on any atom is 0.339 e. The quantitative estimate of drug-likeness (QED) is 0.784. The fraction of sp³-hybridized carbons (Fsp3) is 0.250. The lowest BCUT2D eigenvalue weighted by Gasteiger charge is -2.29. The van der Waals surface area contributed by atoms with Gasteiger partial charge in [0.1, 0.15) is 23.0 Å². The molecular weight excluding hydrogens is 337 g/mol. The van der Waals surface area contributed by atoms with Crippen molar-refractivity contribution in [1.29, 1.82) is 0 Å². The summed E-state index contributed by atoms with van der Waals surface area (Å²) in [6, 6.07) is 3.64. The van der Waals surface area contributed by atoms with Crippen LogP contribution in [0.2, 0.25) is 0 Å². The molecule has 1 saturated heterocycles. The average Bonchev–Trinajstić information content (AvgIpc) is 2.59. The number of carboxylic acid groups (broad SMARTS) is 1. The van der Waals surface area contributed by atoms with Crippen LogP contribution in [0.25, 0.3) is 0 Å². The van der Waals surface area contributed by atoms with Gasteiger partial charge in [-0.2, -0.15) is 0 Å². The van der Waals surface area contributed by atoms with Crippen molar-refractivity contribution in [1.82, 2.24) is 10.3 Å². The number of rotatable bonds is 4. The molecule has 0 spiro atoms. The molecule has 2 heterocycles. The van der Waals surface area contributed by atoms with Crippen LogP contribution < -0.4 is 15.5 Å². The fourth-order valence-corrected chi connectivity index (χ4v) is 2.55. The molecule has 1 aromatic heterocycles. The molecule has 0 radical (unpaired) electrons. The second-order valence-corrected chi connectivity index (χ2v) is 5.48. The third-order valence-corrected chi connectivity index (χ3v) is 3.79. The van der Waals surface area contributed by atoms with Crippen LogP contribution >= 0.6 is 0 Å². The fourth-order valence-electron chi connectivity index (χ4n) is 2.55. The van der Waals surface area contributed by atoms with E-state index in [0.717, 1.165) is 18.2 Å². The van der Waals surface area contributed by atoms with Gasteiger partial charge in [-0.05, 0) is 18.2 Å². The summed E-state index contributed by atoms with van der Waals surface area (Å²) in [4.78, 5) is 17.1. The average molecular weight is 352 g/mol. The number of pyridine rings is 1. The van der Waals surface area contributed by atoms with E-state index in [4.69, 9.17) is 0 Å². The van der Waals surface area contributed by atoms with Crippen molar-refractivity contribution in [2.75, 3.05) is 36.4 Å². The lowest BCUT2D eigenvalue weighted by Crippen LogP contribution is -2.44. The second kappa shape index (κ2) is 6.98. The van der Waals surface area contributed by atoms with Crippen molar-refractivity contribution in [3.63, 3.8) is 0 Å². The van der Waals surface area contributed by atoms with Crippen molar-refractivity contribution in [2.24, 2.45) is 0 Å². The molecule has 1 aromatic carbocycles. The molecular formula is C16H15F3N4O2. The number of piperazine rings is 1. The number of aromatic carboxylic acids is 1. The van der Waals surface area contributed by atoms with Gasteiger partial charge in [-0.1, -0.05) is 0 Å². The Balaban J connectivity index is 2.01. The van der Waals surface area contributed by atoms with Crippen LogP contribution in [0.5, 0.6) is 0 Å². The van der Waals surface area contributed by atoms with Gasteiger partial charge >= 0.3 is 5.97 Å². The van der Waals surface area contributed by atoms with E-state index < -0.39 is 29.0 Å². The first-order chi connectivity index (χ1) is 12.0. The first kappa shape index (κ1) is 17.0. The molecule has 1 fully saturated rings. The van der Waals surface area contributed by atoms with Gasteiger partial charge in [-0.25, -0.2) is 22.9 Å². The van der Waals surface area contributed by atoms with Crippen LogP contribution in [0.15, 0.2) is 24.3 Å². The highest BCUT2D eigenvalue weighted by Crippen LogP contribution is 2.27. The molecule has 0 amide bonds. The monoisotopic (exact) mass is 352 g/mol. The molecule has 1 aliphatic rings. The van der Waals surface area contributed by atoms with Crippen LogP contribution in [0.3, 0.4) is 0 Å². The minimum atomic E-state index is -1.41. The number of benzene rings is 1. The summed E-state index contributed by atoms with van der Waals surface area (Å²) in [6.07, 6.45) is 0. The highest BCUT2D eigenvalue weighted by molar-refractivity contribution is 5.94. The van der Waals surface area contributed by atoms with Gasteiger partial charge in [-0.3, -0.25) is 0 Å². The van der Waals surface area contributed by atoms with Crippen molar-refractivity contribution in [2.45, 2.75) is 0 Å². The largest absolute Gasteiger partial charge is 0.478 e. The molecule has 3 rings (SSSR count). The number of carbonyl (C=O) groups is 1. The number of hydrogen-bond acceptors (Lipinski definition) is 5. The number of nitrogens with one attached hydrogen (secondary N) is 2. The van der Waals surface area contributed by atoms with Crippen LogP contribution in [0.1, 0.15) is 10.4 Å². The Labute approximate surface area is 141 Å². The summed E-state index contributed by atoms with van der Waals surface area (Å²) in [5, 5.41) is 14.9. The standard InChI is InChI=1S/C16H15F3N4O2/c17-9-1-2-13(11(18)7-9)21-14-10(16(24)25)8-12(19)15(22-14)23-5-3-20-4-6-23/h1-2,7-8,20H,3-6H2,(H,21,22)(H,24,25). The molecule has 0 unspecified atom stereocenters. The molecule has 1 aliphatic heterocycles. The van der Waals surface area contributed by atoms with E-state index in [9.17, 15) is 23.1 Å². The van der Waals surface area contributed by atoms with Gasteiger partial charge in [0.05, 0.1) is 5.69 Å². The summed E-state index contributed by atoms with van der Waals surface area (Å²) in [6.45, 7) is 2.27. The zero-order valence-corrected chi connectivity index (χ0v) is 13.0. The molecule has 132 valence electrons. The summed E-state index contributed by atoms with van der Waals surface area (Å²) >= 11 is 0. The SMILES string of the molecule is O=C(O)c1cc(F)c(N2CCNCC2)nc1Nc1ccc(F)cc1F. The Bertz CT molecular complexity index is 810. The van der Waals surface area contributed by atoms with Gasteiger partial charge in [0.2, 0.25) is 0 Å². The van der Waals surface area contributed by atoms with E-state index in [1.54, 1.807) is 4.90 Å². The first-order valence-electron chi connectivity index (χ1n) is 7.57. The second-order valence-electron chi connectivity index (χ2n) is 5.48. The first-order valence-corrected chi connectivity index (χ1v) is 7.57. The van der Waals surface area contributed by atoms with Crippen molar-refractivity contribution in [3.05, 3.63) is 47.3 Å². The Kier molecular flexibility index (Phi) is 4.75. The summed E-state index contributed by atoms with van der Waals surface area (Å²) in [5.41, 5.74) is -0.602. The van der Waals surface area contributed by atoms with Gasteiger partial charge in [0, 0.05) is 32.2 Å². The molecule has 0 atom stereocenters. The Morgan fingerprint density at radius 1 is 1.16 bits per heavy atom. The molecule has 0 saturated carbocycles. The van der Waals surface area contributed by atoms with Crippen LogP contribution in [-0.4, -0.2) is 42.2 Å². The van der Waals surface area contributed by atoms with Crippen LogP contribution in [-0.2, 0) is 0 Å². The van der Waals surface area contributed by atoms with Crippen molar-refractivity contribution < 1.29 is 23.1 Å². The van der Waals surface area contributed by atoms with E-state index in [1.165, 1.54) is 0 Å². The van der Waals surface area contributed by atoms with Gasteiger partial charge < -0.3 is 20.6 Å². The topological polar surface area (TPSA) is 77.5 Å². The molecule has 0 aliphatic carbocycles. The number of aromatic nitrogens is 1. The van der Waals surface area contributed by atoms with E-state index in [2.05, 4.69) is 15.6 Å². The summed E-state index contributed by atoms with van der Waals surface area (Å²) < 4.78 is 41.2. The molecule has 25 heavy (non-hydrogen) atoms. The summed E-state index contributed by atoms with van der Waals surface area (Å²) in [7, 11) is 0. The molecule has 9 heteroatoms. The number of nitrogens with zero attached hydrogens (tertiary/aromatic N) is 2. The lowest BCUT2D eigenvalue weighted by molar-refractivity contribution is 0.0697. The van der Waals surface area contributed by atoms with E-state index in [1.807, 2.05) is 0 Å². The Morgan fingerprint density at radius 3 is 2.52 bits per heavy atom. The van der Waals surface area contributed by atoms with Crippen molar-refractivity contribution >= 4 is 23.3 Å². The lowest BCUT2D eigenvalue weighted by atomic mass is 10.2. The van der Waals surface area contributed by atoms with Gasteiger partial charge in [-0.15, -0.1) is 0 Å². The smallest absolute Gasteiger partial charge is 0.339 e. The third kappa shape index (κ3) is 3.66. The van der Waals surface area contributed by atoms with Crippen LogP contribution in [0, 0.1) is 17.5 Å². The Morgan fingerprint density at radius 2 is 1.88 bits per heavy atom. The molecule has 0 bridgehead atoms. The molecule has 3 N–H and O–H groups in total. The van der Waals surface area contributed by atoms with Gasteiger partial charge in [0.25, 0.3) is 0 Å². The highest BCUT2D eigenvalue weighted by atomic mass is 19.1. The summed E-state index contributed by atoms with van der Waals surface area (Å²) in [5.74, 6) is -4.10. The zero-order chi connectivity index (χ0) is 18.0. The molecule has 6 nitrogen and oxygen atoms in total. The third-order valence-electron chi connectivity index (χ3n) is 3.79. The predicted molar refractivity (Wildman–Crippen MR) is 85.9 cm³/mol. The van der Waals surface area contributed by atoms with E-state index in [0.29, 0.717) is 32.2 Å². The maximum absolute atomic E-state index is 14.3. The normalized spacial score (nSPS) is 14.4. The number of anilines is 3. The number of halogens is 3. The molecule has 2 aromatic rings. The maximum atomic E-state index is 14.3. The van der Waals surface area contributed by atoms with E-state index in [-0.39, 0.29) is 17.3 Å². The number of hydrogen-bond donors (Lipinski definition) is 3. The zero-order valence-electron chi connectivity index (χ0n) is 13.0. The Hall–Kier alpha value is -2.81. The minimum Gasteiger partial charge on any atom is -0.478 e. The minimum absolute atomic E-state index is 0.0171.